The summed E-state index contributed by atoms with van der Waals surface area (Å²) in [6.07, 6.45) is -36.2. The molecule has 10 aliphatic rings. The number of fused-ring (bicyclic) bond motifs is 7. The summed E-state index contributed by atoms with van der Waals surface area (Å²) in [6, 6.07) is 0. The minimum atomic E-state index is -2.06. The van der Waals surface area contributed by atoms with Crippen molar-refractivity contribution in [2.24, 2.45) is 52.3 Å². The van der Waals surface area contributed by atoms with Gasteiger partial charge in [0.15, 0.2) is 37.2 Å². The van der Waals surface area contributed by atoms with Crippen LogP contribution in [-0.2, 0) is 52.1 Å². The Balaban J connectivity index is 0.766. The quantitative estimate of drug-likeness (QED) is 0.0535. The van der Waals surface area contributed by atoms with E-state index in [1.165, 1.54) is 0 Å². The van der Waals surface area contributed by atoms with Crippen LogP contribution in [0.2, 0.25) is 0 Å². The van der Waals surface area contributed by atoms with E-state index in [4.69, 9.17) is 52.1 Å². The fourth-order valence-electron chi connectivity index (χ4n) is 17.1. The monoisotopic (exact) mass is 1240 g/mol. The SMILES string of the molecule is C[C@@H](CC[C@@]1(O)O[C@H]2C[C@H]3[C@@H]4CC[C@H]5C[C@@H](O[C@@H]6O[C@H](CO)[C@H](O[C@@H]7O[C@H](CO)[C@@H](O)[C@H](O[C@@H]8O[C@H](CO)[C@@H](O)[C@H](O)[C@H]8O)[C@H]7O[C@@H]7O[C@H](CO)[C@H](O)[C@H](O)[C@H]7O)[C@H](O)[C@H]6O)CC[C@]5(C)[C@H]4CC[C@]3(C)[C@H]2[C@@H]1C)CO[C@@H]1O[C@H](CO)[C@@H](O)[C@H](O)[C@H]1O. The van der Waals surface area contributed by atoms with Gasteiger partial charge in [0.1, 0.15) is 122 Å². The van der Waals surface area contributed by atoms with E-state index in [1.807, 2.05) is 6.92 Å². The summed E-state index contributed by atoms with van der Waals surface area (Å²) in [5.74, 6) is 0.0161. The summed E-state index contributed by atoms with van der Waals surface area (Å²) < 4.78 is 66.0. The third-order valence-corrected chi connectivity index (χ3v) is 22.2. The van der Waals surface area contributed by atoms with Gasteiger partial charge in [-0.05, 0) is 104 Å². The first-order valence-corrected chi connectivity index (χ1v) is 30.9. The van der Waals surface area contributed by atoms with Crippen molar-refractivity contribution in [3.05, 3.63) is 0 Å². The molecule has 498 valence electrons. The molecule has 0 aromatic rings. The van der Waals surface area contributed by atoms with E-state index in [0.29, 0.717) is 43.4 Å². The van der Waals surface area contributed by atoms with Crippen LogP contribution in [0.25, 0.3) is 0 Å². The molecule has 86 heavy (non-hydrogen) atoms. The predicted octanol–water partition coefficient (Wildman–Crippen LogP) is -6.13. The molecule has 0 amide bonds. The number of ether oxygens (including phenoxy) is 11. The smallest absolute Gasteiger partial charge is 0.187 e. The molecule has 4 aliphatic carbocycles. The highest BCUT2D eigenvalue weighted by molar-refractivity contribution is 5.15. The first kappa shape index (κ1) is 67.7. The Morgan fingerprint density at radius 3 is 1.52 bits per heavy atom. The molecule has 29 nitrogen and oxygen atoms in total. The number of hydrogen-bond acceptors (Lipinski definition) is 29. The van der Waals surface area contributed by atoms with Crippen molar-refractivity contribution >= 4 is 0 Å². The molecular weight excluding hydrogens is 1150 g/mol. The van der Waals surface area contributed by atoms with Crippen LogP contribution >= 0.6 is 0 Å². The topological polar surface area (TPSA) is 466 Å². The highest BCUT2D eigenvalue weighted by Gasteiger charge is 2.69. The van der Waals surface area contributed by atoms with Gasteiger partial charge in [0, 0.05) is 12.3 Å². The summed E-state index contributed by atoms with van der Waals surface area (Å²) in [4.78, 5) is 0. The highest BCUT2D eigenvalue weighted by atomic mass is 16.8. The van der Waals surface area contributed by atoms with Crippen molar-refractivity contribution in [1.82, 2.24) is 0 Å². The molecule has 29 heteroatoms. The third-order valence-electron chi connectivity index (χ3n) is 22.2. The van der Waals surface area contributed by atoms with Gasteiger partial charge in [0.25, 0.3) is 0 Å². The standard InChI is InChI=1S/C57H96O29/c1-21(20-76-50-43(71)39(67)35(63)29(15-58)78-50)7-12-57(75)22(2)34-28(86-57)14-27-25-6-5-23-13-24(8-10-55(23,3)26(25)9-11-56(27,34)4)77-51-46(74)42(70)47(33(19-62)82-51)83-54-49(85-53-45(73)41(69)37(65)31(17-60)80-53)48(38(66)32(18-61)81-54)84-52-44(72)40(68)36(64)30(16-59)79-52/h21-54,58-75H,5-20H2,1-4H3/t21-,22-,23-,24-,25+,26-,27-,28-,29+,30+,31+,32+,33+,34-,35+,36+,37-,38+,39-,40-,41-,42+,43+,44+,45+,46+,47-,48-,49+,50+,51+,52-,53-,54-,55-,56-,57+/m0/s1. The van der Waals surface area contributed by atoms with E-state index >= 15 is 0 Å². The Kier molecular flexibility index (Phi) is 21.3. The van der Waals surface area contributed by atoms with Crippen LogP contribution < -0.4 is 0 Å². The Morgan fingerprint density at radius 1 is 0.465 bits per heavy atom. The van der Waals surface area contributed by atoms with Gasteiger partial charge < -0.3 is 144 Å². The summed E-state index contributed by atoms with van der Waals surface area (Å²) in [7, 11) is 0. The van der Waals surface area contributed by atoms with E-state index in [0.717, 1.165) is 38.5 Å². The van der Waals surface area contributed by atoms with Crippen molar-refractivity contribution < 1.29 is 144 Å². The normalized spacial score (nSPS) is 55.3. The highest BCUT2D eigenvalue weighted by Crippen LogP contribution is 2.71. The van der Waals surface area contributed by atoms with E-state index < -0.39 is 198 Å². The summed E-state index contributed by atoms with van der Waals surface area (Å²) in [5.41, 5.74) is -0.108. The van der Waals surface area contributed by atoms with Gasteiger partial charge >= 0.3 is 0 Å². The maximum Gasteiger partial charge on any atom is 0.187 e. The Morgan fingerprint density at radius 2 is 0.942 bits per heavy atom. The molecule has 6 aliphatic heterocycles. The molecule has 0 bridgehead atoms. The average Bonchev–Trinajstić information content (AvgIpc) is 1.54. The zero-order valence-electron chi connectivity index (χ0n) is 49.0. The minimum Gasteiger partial charge on any atom is -0.394 e. The van der Waals surface area contributed by atoms with Gasteiger partial charge in [-0.15, -0.1) is 0 Å². The van der Waals surface area contributed by atoms with Crippen molar-refractivity contribution in [2.45, 2.75) is 263 Å². The van der Waals surface area contributed by atoms with E-state index in [9.17, 15) is 91.9 Å². The lowest BCUT2D eigenvalue weighted by atomic mass is 9.44. The van der Waals surface area contributed by atoms with Crippen molar-refractivity contribution in [1.29, 1.82) is 0 Å². The molecule has 0 unspecified atom stereocenters. The van der Waals surface area contributed by atoms with E-state index in [1.54, 1.807) is 0 Å². The predicted molar refractivity (Wildman–Crippen MR) is 284 cm³/mol. The van der Waals surface area contributed by atoms with Gasteiger partial charge in [0.2, 0.25) is 0 Å². The summed E-state index contributed by atoms with van der Waals surface area (Å²) in [6.45, 7) is 4.85. The molecule has 6 heterocycles. The van der Waals surface area contributed by atoms with E-state index in [2.05, 4.69) is 20.8 Å². The van der Waals surface area contributed by atoms with E-state index in [-0.39, 0.29) is 47.2 Å². The number of hydrogen-bond donors (Lipinski definition) is 18. The minimum absolute atomic E-state index is 0.0421. The lowest BCUT2D eigenvalue weighted by Gasteiger charge is -2.61. The number of aliphatic hydroxyl groups is 18. The van der Waals surface area contributed by atoms with Crippen molar-refractivity contribution in [3.8, 4) is 0 Å². The van der Waals surface area contributed by atoms with Crippen LogP contribution in [0.4, 0.5) is 0 Å². The molecule has 18 N–H and O–H groups in total. The molecule has 37 atom stereocenters. The number of aliphatic hydroxyl groups excluding tert-OH is 17. The largest absolute Gasteiger partial charge is 0.394 e. The number of rotatable bonds is 19. The molecule has 10 rings (SSSR count). The van der Waals surface area contributed by atoms with Gasteiger partial charge in [-0.3, -0.25) is 0 Å². The molecule has 4 saturated carbocycles. The van der Waals surface area contributed by atoms with Crippen LogP contribution in [0, 0.1) is 52.3 Å². The van der Waals surface area contributed by atoms with Gasteiger partial charge in [-0.2, -0.15) is 0 Å². The lowest BCUT2D eigenvalue weighted by molar-refractivity contribution is -0.406. The summed E-state index contributed by atoms with van der Waals surface area (Å²) >= 11 is 0. The van der Waals surface area contributed by atoms with Crippen LogP contribution in [0.15, 0.2) is 0 Å². The van der Waals surface area contributed by atoms with Gasteiger partial charge in [0.05, 0.1) is 51.8 Å². The molecule has 6 saturated heterocycles. The van der Waals surface area contributed by atoms with Crippen molar-refractivity contribution in [3.63, 3.8) is 0 Å². The second-order valence-electron chi connectivity index (χ2n) is 27.1. The maximum absolute atomic E-state index is 12.2. The molecule has 10 fully saturated rings. The molecule has 0 spiro atoms. The fraction of sp³-hybridized carbons (Fsp3) is 1.00. The maximum atomic E-state index is 12.2. The second-order valence-corrected chi connectivity index (χ2v) is 27.1. The van der Waals surface area contributed by atoms with Crippen LogP contribution in [0.1, 0.15) is 91.9 Å². The second kappa shape index (κ2) is 27.1. The molecule has 0 aromatic carbocycles. The van der Waals surface area contributed by atoms with Gasteiger partial charge in [-0.25, -0.2) is 0 Å². The first-order valence-electron chi connectivity index (χ1n) is 30.9. The lowest BCUT2D eigenvalue weighted by Crippen LogP contribution is -2.68. The zero-order valence-corrected chi connectivity index (χ0v) is 49.0. The van der Waals surface area contributed by atoms with Crippen LogP contribution in [0.3, 0.4) is 0 Å². The average molecular weight is 1250 g/mol. The first-order chi connectivity index (χ1) is 40.8. The summed E-state index contributed by atoms with van der Waals surface area (Å²) in [5, 5.41) is 193. The van der Waals surface area contributed by atoms with Crippen LogP contribution in [-0.4, -0.2) is 303 Å². The van der Waals surface area contributed by atoms with Crippen LogP contribution in [0.5, 0.6) is 0 Å². The molecular formula is C57H96O29. The fourth-order valence-corrected chi connectivity index (χ4v) is 17.1. The van der Waals surface area contributed by atoms with Gasteiger partial charge in [-0.1, -0.05) is 27.7 Å². The molecule has 0 aromatic heterocycles. The molecule has 0 radical (unpaired) electrons. The third kappa shape index (κ3) is 12.4. The Bertz CT molecular complexity index is 2190. The Hall–Kier alpha value is -1.16. The van der Waals surface area contributed by atoms with Crippen molar-refractivity contribution in [2.75, 3.05) is 39.6 Å². The zero-order chi connectivity index (χ0) is 62.2. The Labute approximate surface area is 498 Å².